The lowest BCUT2D eigenvalue weighted by atomic mass is 10.0. The maximum Gasteiger partial charge on any atom is 0.321 e. The number of carbonyl (C=O) groups is 2. The molecule has 1 aromatic carbocycles. The topological polar surface area (TPSA) is 69.6 Å². The number of hydrogen-bond donors (Lipinski definition) is 2. The molecule has 0 bridgehead atoms. The molecule has 18 heavy (non-hydrogen) atoms. The van der Waals surface area contributed by atoms with E-state index in [1.165, 1.54) is 17.0 Å². The van der Waals surface area contributed by atoms with Gasteiger partial charge in [0.1, 0.15) is 5.82 Å². The summed E-state index contributed by atoms with van der Waals surface area (Å²) >= 11 is 0. The Kier molecular flexibility index (Phi) is 3.18. The number of rotatable bonds is 2. The lowest BCUT2D eigenvalue weighted by Gasteiger charge is -2.36. The van der Waals surface area contributed by atoms with Crippen molar-refractivity contribution in [1.82, 2.24) is 4.90 Å². The fraction of sp³-hybridized carbons (Fsp3) is 0.333. The first kappa shape index (κ1) is 12.3. The number of carboxylic acids is 1. The first-order valence-electron chi connectivity index (χ1n) is 5.52. The molecule has 2 amide bonds. The molecule has 0 spiro atoms. The lowest BCUT2D eigenvalue weighted by Crippen LogP contribution is -2.54. The molecular formula is C12H13FN2O3. The van der Waals surface area contributed by atoms with Crippen molar-refractivity contribution in [3.05, 3.63) is 29.6 Å². The number of hydrogen-bond acceptors (Lipinski definition) is 2. The van der Waals surface area contributed by atoms with Crippen LogP contribution in [-0.4, -0.2) is 35.1 Å². The lowest BCUT2D eigenvalue weighted by molar-refractivity contribution is -0.145. The van der Waals surface area contributed by atoms with Crippen LogP contribution in [0.15, 0.2) is 18.2 Å². The summed E-state index contributed by atoms with van der Waals surface area (Å²) in [5, 5.41) is 11.1. The molecule has 1 aliphatic rings. The Morgan fingerprint density at radius 1 is 1.44 bits per heavy atom. The number of amides is 2. The molecule has 6 heteroatoms. The van der Waals surface area contributed by atoms with Crippen LogP contribution in [0.25, 0.3) is 0 Å². The zero-order chi connectivity index (χ0) is 13.3. The van der Waals surface area contributed by atoms with Gasteiger partial charge in [-0.15, -0.1) is 0 Å². The van der Waals surface area contributed by atoms with E-state index < -0.39 is 23.7 Å². The Morgan fingerprint density at radius 3 is 2.72 bits per heavy atom. The van der Waals surface area contributed by atoms with Gasteiger partial charge < -0.3 is 15.3 Å². The van der Waals surface area contributed by atoms with Gasteiger partial charge in [0.05, 0.1) is 11.6 Å². The molecule has 0 radical (unpaired) electrons. The molecule has 0 unspecified atom stereocenters. The third kappa shape index (κ3) is 2.42. The molecule has 0 aliphatic carbocycles. The molecule has 96 valence electrons. The SMILES string of the molecule is Cc1ccc(F)c(NC(=O)N2CC(C(=O)O)C2)c1. The number of likely N-dealkylation sites (tertiary alicyclic amines) is 1. The minimum atomic E-state index is -0.916. The Balaban J connectivity index is 1.96. The van der Waals surface area contributed by atoms with Crippen LogP contribution in [0, 0.1) is 18.7 Å². The molecule has 0 aromatic heterocycles. The zero-order valence-electron chi connectivity index (χ0n) is 9.81. The minimum Gasteiger partial charge on any atom is -0.481 e. The molecular weight excluding hydrogens is 239 g/mol. The maximum absolute atomic E-state index is 13.4. The van der Waals surface area contributed by atoms with E-state index in [2.05, 4.69) is 5.32 Å². The molecule has 0 atom stereocenters. The van der Waals surface area contributed by atoms with E-state index in [0.29, 0.717) is 0 Å². The number of urea groups is 1. The van der Waals surface area contributed by atoms with Crippen LogP contribution < -0.4 is 5.32 Å². The standard InChI is InChI=1S/C12H13FN2O3/c1-7-2-3-9(13)10(4-7)14-12(18)15-5-8(6-15)11(16)17/h2-4,8H,5-6H2,1H3,(H,14,18)(H,16,17). The number of carbonyl (C=O) groups excluding carboxylic acids is 1. The highest BCUT2D eigenvalue weighted by atomic mass is 19.1. The summed E-state index contributed by atoms with van der Waals surface area (Å²) in [6, 6.07) is 3.94. The first-order chi connectivity index (χ1) is 8.47. The summed E-state index contributed by atoms with van der Waals surface area (Å²) in [7, 11) is 0. The summed E-state index contributed by atoms with van der Waals surface area (Å²) in [6.45, 7) is 2.11. The van der Waals surface area contributed by atoms with Gasteiger partial charge in [0.25, 0.3) is 0 Å². The summed E-state index contributed by atoms with van der Waals surface area (Å²) < 4.78 is 13.4. The predicted molar refractivity (Wildman–Crippen MR) is 62.9 cm³/mol. The van der Waals surface area contributed by atoms with E-state index in [4.69, 9.17) is 5.11 Å². The van der Waals surface area contributed by atoms with Gasteiger partial charge in [-0.2, -0.15) is 0 Å². The highest BCUT2D eigenvalue weighted by molar-refractivity contribution is 5.91. The molecule has 2 N–H and O–H groups in total. The summed E-state index contributed by atoms with van der Waals surface area (Å²) in [5.74, 6) is -1.94. The van der Waals surface area contributed by atoms with Crippen LogP contribution in [0.1, 0.15) is 5.56 Å². The number of halogens is 1. The van der Waals surface area contributed by atoms with Crippen LogP contribution in [0.4, 0.5) is 14.9 Å². The fourth-order valence-electron chi connectivity index (χ4n) is 1.73. The van der Waals surface area contributed by atoms with Crippen molar-refractivity contribution in [2.45, 2.75) is 6.92 Å². The molecule has 1 aliphatic heterocycles. The average Bonchev–Trinajstić information content (AvgIpc) is 2.20. The third-order valence-electron chi connectivity index (χ3n) is 2.88. The smallest absolute Gasteiger partial charge is 0.321 e. The zero-order valence-corrected chi connectivity index (χ0v) is 9.81. The molecule has 5 nitrogen and oxygen atoms in total. The normalized spacial score (nSPS) is 15.1. The van der Waals surface area contributed by atoms with Gasteiger partial charge in [-0.3, -0.25) is 4.79 Å². The third-order valence-corrected chi connectivity index (χ3v) is 2.88. The number of anilines is 1. The highest BCUT2D eigenvalue weighted by Crippen LogP contribution is 2.20. The van der Waals surface area contributed by atoms with Crippen LogP contribution in [0.5, 0.6) is 0 Å². The van der Waals surface area contributed by atoms with E-state index in [0.717, 1.165) is 5.56 Å². The number of aryl methyl sites for hydroxylation is 1. The Labute approximate surface area is 103 Å². The van der Waals surface area contributed by atoms with Gasteiger partial charge in [-0.1, -0.05) is 6.07 Å². The van der Waals surface area contributed by atoms with Crippen molar-refractivity contribution < 1.29 is 19.1 Å². The largest absolute Gasteiger partial charge is 0.481 e. The van der Waals surface area contributed by atoms with Crippen LogP contribution in [-0.2, 0) is 4.79 Å². The van der Waals surface area contributed by atoms with Crippen molar-refractivity contribution in [1.29, 1.82) is 0 Å². The van der Waals surface area contributed by atoms with Crippen molar-refractivity contribution in [3.63, 3.8) is 0 Å². The van der Waals surface area contributed by atoms with Gasteiger partial charge in [-0.25, -0.2) is 9.18 Å². The minimum absolute atomic E-state index is 0.110. The van der Waals surface area contributed by atoms with Gasteiger partial charge in [0.15, 0.2) is 0 Å². The number of nitrogens with one attached hydrogen (secondary N) is 1. The van der Waals surface area contributed by atoms with Crippen molar-refractivity contribution in [2.24, 2.45) is 5.92 Å². The van der Waals surface area contributed by atoms with E-state index in [9.17, 15) is 14.0 Å². The number of nitrogens with zero attached hydrogens (tertiary/aromatic N) is 1. The number of carboxylic acid groups (broad SMARTS) is 1. The first-order valence-corrected chi connectivity index (χ1v) is 5.52. The van der Waals surface area contributed by atoms with E-state index >= 15 is 0 Å². The van der Waals surface area contributed by atoms with E-state index in [1.54, 1.807) is 13.0 Å². The molecule has 1 saturated heterocycles. The monoisotopic (exact) mass is 252 g/mol. The summed E-state index contributed by atoms with van der Waals surface area (Å²) in [6.07, 6.45) is 0. The predicted octanol–water partition coefficient (Wildman–Crippen LogP) is 1.68. The summed E-state index contributed by atoms with van der Waals surface area (Å²) in [5.41, 5.74) is 0.942. The second-order valence-corrected chi connectivity index (χ2v) is 4.35. The Morgan fingerprint density at radius 2 is 2.11 bits per heavy atom. The van der Waals surface area contributed by atoms with Crippen LogP contribution in [0.3, 0.4) is 0 Å². The molecule has 1 heterocycles. The van der Waals surface area contributed by atoms with Crippen LogP contribution >= 0.6 is 0 Å². The van der Waals surface area contributed by atoms with Gasteiger partial charge in [0, 0.05) is 13.1 Å². The molecule has 1 fully saturated rings. The number of benzene rings is 1. The van der Waals surface area contributed by atoms with Crippen molar-refractivity contribution in [2.75, 3.05) is 18.4 Å². The number of aliphatic carboxylic acids is 1. The highest BCUT2D eigenvalue weighted by Gasteiger charge is 2.35. The molecule has 0 saturated carbocycles. The van der Waals surface area contributed by atoms with Gasteiger partial charge in [-0.05, 0) is 24.6 Å². The van der Waals surface area contributed by atoms with E-state index in [1.807, 2.05) is 0 Å². The van der Waals surface area contributed by atoms with Gasteiger partial charge >= 0.3 is 12.0 Å². The van der Waals surface area contributed by atoms with Crippen molar-refractivity contribution in [3.8, 4) is 0 Å². The average molecular weight is 252 g/mol. The quantitative estimate of drug-likeness (QED) is 0.841. The second-order valence-electron chi connectivity index (χ2n) is 4.35. The second kappa shape index (κ2) is 4.64. The Hall–Kier alpha value is -2.11. The van der Waals surface area contributed by atoms with Crippen LogP contribution in [0.2, 0.25) is 0 Å². The van der Waals surface area contributed by atoms with Crippen molar-refractivity contribution >= 4 is 17.7 Å². The molecule has 2 rings (SSSR count). The van der Waals surface area contributed by atoms with Gasteiger partial charge in [0.2, 0.25) is 0 Å². The maximum atomic E-state index is 13.4. The summed E-state index contributed by atoms with van der Waals surface area (Å²) in [4.78, 5) is 23.6. The molecule has 1 aromatic rings. The van der Waals surface area contributed by atoms with E-state index in [-0.39, 0.29) is 18.8 Å². The fourth-order valence-corrected chi connectivity index (χ4v) is 1.73. The Bertz CT molecular complexity index is 498.